The average molecular weight is 3660 g/mol. The molecule has 0 aliphatic carbocycles. The van der Waals surface area contributed by atoms with Gasteiger partial charge in [0.05, 0.1) is 20.8 Å². The van der Waals surface area contributed by atoms with Gasteiger partial charge in [0.2, 0.25) is 5.91 Å². The van der Waals surface area contributed by atoms with Gasteiger partial charge in [0.25, 0.3) is 0 Å². The summed E-state index contributed by atoms with van der Waals surface area (Å²) in [6.45, 7) is 9.83. The number of benzene rings is 2. The topological polar surface area (TPSA) is 103 Å². The van der Waals surface area contributed by atoms with Gasteiger partial charge in [-0.25, -0.2) is 14.4 Å². The van der Waals surface area contributed by atoms with Gasteiger partial charge in [0.1, 0.15) is 12.1 Å². The van der Waals surface area contributed by atoms with E-state index in [-0.39, 0.29) is 107 Å². The Morgan fingerprint density at radius 2 is 1.00 bits per heavy atom. The summed E-state index contributed by atoms with van der Waals surface area (Å²) < 4.78 is 9.76. The summed E-state index contributed by atoms with van der Waals surface area (Å²) in [5.74, 6) is -0.533. The number of piperidine rings is 2. The van der Waals surface area contributed by atoms with Crippen LogP contribution in [0.4, 0.5) is 4.79 Å². The number of urea groups is 1. The third-order valence-corrected chi connectivity index (χ3v) is 1250. The van der Waals surface area contributed by atoms with Crippen LogP contribution >= 0.6 is 336 Å². The molecule has 0 saturated carbocycles. The van der Waals surface area contributed by atoms with Crippen molar-refractivity contribution in [3.8, 4) is 0 Å². The fourth-order valence-corrected chi connectivity index (χ4v) is 2310. The van der Waals surface area contributed by atoms with Crippen molar-refractivity contribution in [2.24, 2.45) is 0 Å². The monoisotopic (exact) mass is 3660 g/mol. The molecule has 36 heteroatoms. The van der Waals surface area contributed by atoms with Crippen molar-refractivity contribution in [3.05, 3.63) is 68.7 Å². The van der Waals surface area contributed by atoms with Crippen molar-refractivity contribution in [1.29, 1.82) is 0 Å². The van der Waals surface area contributed by atoms with Gasteiger partial charge in [-0.2, -0.15) is 0 Å². The number of hydrogen-bond donors (Lipinski definition) is 0. The zero-order valence-corrected chi connectivity index (χ0v) is 90.2. The van der Waals surface area contributed by atoms with Gasteiger partial charge in [-0.15, -0.1) is 0 Å². The van der Waals surface area contributed by atoms with Gasteiger partial charge >= 0.3 is 344 Å². The molecule has 4 aliphatic rings. The molecule has 4 fully saturated rings. The van der Waals surface area contributed by atoms with E-state index in [4.69, 9.17) is 32.7 Å². The minimum absolute atomic E-state index is 0.0767. The quantitative estimate of drug-likeness (QED) is 0.121. The molecule has 440 valence electrons. The Morgan fingerprint density at radius 1 is 0.608 bits per heavy atom. The molecule has 2 aromatic rings. The van der Waals surface area contributed by atoms with Crippen molar-refractivity contribution in [1.82, 2.24) is 24.5 Å². The summed E-state index contributed by atoms with van der Waals surface area (Å²) in [4.78, 5) is 58.6. The first-order valence-corrected chi connectivity index (χ1v) is 154. The number of esters is 2. The van der Waals surface area contributed by atoms with Crippen molar-refractivity contribution in [2.45, 2.75) is 89.6 Å². The number of amides is 3. The molecule has 6 rings (SSSR count). The van der Waals surface area contributed by atoms with Crippen LogP contribution in [0.25, 0.3) is 0 Å². The molecular weight excluding hydrogens is 3610 g/mol. The van der Waals surface area contributed by atoms with E-state index < -0.39 is 12.1 Å². The van der Waals surface area contributed by atoms with Crippen molar-refractivity contribution in [2.75, 3.05) is 54.0 Å². The molecule has 4 aliphatic heterocycles. The number of likely N-dealkylation sites (N-methyl/N-ethyl adjacent to an activating group) is 1. The van der Waals surface area contributed by atoms with E-state index in [0.717, 1.165) is 86.1 Å². The number of likely N-dealkylation sites (tertiary alicyclic amines) is 3. The van der Waals surface area contributed by atoms with Crippen LogP contribution in [0, 0.1) is 13.8 Å². The predicted octanol–water partition coefficient (Wildman–Crippen LogP) is 21.8. The predicted molar refractivity (Wildman–Crippen MR) is 505 cm³/mol. The van der Waals surface area contributed by atoms with Gasteiger partial charge < -0.3 is 24.2 Å². The van der Waals surface area contributed by atoms with Crippen LogP contribution in [0.3, 0.4) is 0 Å². The fourth-order valence-electron chi connectivity index (χ4n) is 8.03. The minimum atomic E-state index is -0.493. The Bertz CT molecular complexity index is 2100. The number of aryl methyl sites for hydroxylation is 2. The normalized spacial score (nSPS) is 20.5. The zero-order chi connectivity index (χ0) is 55.7. The van der Waals surface area contributed by atoms with E-state index in [1.165, 1.54) is 25.3 Å². The molecule has 0 unspecified atom stereocenters. The molecule has 2 aromatic carbocycles. The fraction of sp³-hybridized carbons (Fsp3) is 0.579. The molecule has 0 aromatic heterocycles. The molecule has 11 nitrogen and oxygen atoms in total. The SMILES string of the molecule is COC(=O)[C@H]1CCC(=O)N1C1CCN(Cc2ccc(Cl)c(C)c2)CC1.COC(=O)[C@H]1CN(C)C(=O)N1C1CCN(Cc2ccc(Cl)c(C)c2)CC1.II(I)I(I)I(I)I(I)I(I)I.I[I-]I(I)I(I)I(I)I(I)I. The molecule has 0 radical (unpaired) electrons. The summed E-state index contributed by atoms with van der Waals surface area (Å²) in [5, 5.41) is 1.59. The van der Waals surface area contributed by atoms with Crippen LogP contribution in [-0.2, 0) is 36.9 Å². The number of carbonyl (C=O) groups is 4. The molecule has 3 amide bonds. The van der Waals surface area contributed by atoms with Gasteiger partial charge in [0.15, 0.2) is 0 Å². The van der Waals surface area contributed by atoms with E-state index in [2.05, 4.69) is 276 Å². The third kappa shape index (κ3) is 28.4. The van der Waals surface area contributed by atoms with E-state index >= 15 is 0 Å². The van der Waals surface area contributed by atoms with Gasteiger partial charge in [0, 0.05) is 74.9 Å². The average Bonchev–Trinajstić information content (AvgIpc) is 3.92. The van der Waals surface area contributed by atoms with E-state index in [0.29, 0.717) is 32.6 Å². The van der Waals surface area contributed by atoms with E-state index in [1.54, 1.807) is 21.7 Å². The second kappa shape index (κ2) is 44.2. The zero-order valence-electron chi connectivity index (χ0n) is 39.1. The standard InChI is InChI=1S/C19H26ClN3O3.C19H25ClN2O3.I12.I11/c1-13-10-14(4-5-16(13)20)11-22-8-6-15(7-9-22)23-17(18(24)26-3)12-21(2)19(23)25;1-13-11-14(3-4-16(13)20)12-21-9-7-15(8-10-21)22-17(19(24)25-2)5-6-18(22)23;1-8(2)10(5)12(7)11(6)9(3)4;1-7-9(4)11(6)10(5)8(2)3/h4-5,10,15,17H,6-9,11-12H2,1-3H3;3-4,11,15,17H,5-10,12H2,1-2H3;;/q;;;-1/t2*17-;;/m11../s1. The second-order valence-electron chi connectivity index (χ2n) is 15.7. The van der Waals surface area contributed by atoms with Gasteiger partial charge in [-0.05, 0) is 80.3 Å². The van der Waals surface area contributed by atoms with E-state index in [9.17, 15) is 19.2 Å². The molecule has 2 atom stereocenters. The van der Waals surface area contributed by atoms with Crippen LogP contribution < -0.4 is 13.3 Å². The summed E-state index contributed by atoms with van der Waals surface area (Å²) in [6.07, 6.45) is 4.54. The maximum atomic E-state index is 12.5. The first-order valence-electron chi connectivity index (χ1n) is 20.8. The molecule has 0 spiro atoms. The third-order valence-electron chi connectivity index (χ3n) is 11.3. The maximum absolute atomic E-state index is 12.5. The summed E-state index contributed by atoms with van der Waals surface area (Å²) in [5.41, 5.74) is 4.68. The number of carbonyl (C=O) groups excluding carboxylic acids is 4. The number of nitrogens with zero attached hydrogens (tertiary/aromatic N) is 5. The second-order valence-corrected chi connectivity index (χ2v) is 471. The van der Waals surface area contributed by atoms with Crippen LogP contribution in [-0.4, -0.2) is 127 Å². The molecule has 74 heavy (non-hydrogen) atoms. The Hall–Kier alpha value is 13.4. The van der Waals surface area contributed by atoms with Gasteiger partial charge in [-0.3, -0.25) is 14.6 Å². The summed E-state index contributed by atoms with van der Waals surface area (Å²) in [7, 11) is 1.63. The molecule has 4 heterocycles. The first-order chi connectivity index (χ1) is 34.8. The first kappa shape index (κ1) is 81.6. The number of ether oxygens (including phenoxy) is 2. The Balaban J connectivity index is 0.000000279. The van der Waals surface area contributed by atoms with Crippen LogP contribution in [0.1, 0.15) is 60.8 Å². The van der Waals surface area contributed by atoms with Gasteiger partial charge in [-0.1, -0.05) is 47.5 Å². The molecule has 0 N–H and O–H groups in total. The molecule has 4 saturated heterocycles. The van der Waals surface area contributed by atoms with Crippen molar-refractivity contribution < 1.29 is 41.9 Å². The Labute approximate surface area is 618 Å². The van der Waals surface area contributed by atoms with Crippen LogP contribution in [0.15, 0.2) is 36.4 Å². The van der Waals surface area contributed by atoms with Crippen LogP contribution in [0.5, 0.6) is 0 Å². The number of methoxy groups -OCH3 is 2. The molecule has 0 bridgehead atoms. The number of hydrogen-bond acceptors (Lipinski definition) is 8. The van der Waals surface area contributed by atoms with Crippen molar-refractivity contribution >= 4 is 360 Å². The summed E-state index contributed by atoms with van der Waals surface area (Å²) >= 11 is 50.0. The van der Waals surface area contributed by atoms with Crippen LogP contribution in [0.2, 0.25) is 10.0 Å². The molecular formula is C38H51Cl2I23N5O6-. The Morgan fingerprint density at radius 3 is 1.38 bits per heavy atom. The summed E-state index contributed by atoms with van der Waals surface area (Å²) in [6, 6.07) is 11.5. The number of halogens is 25. The van der Waals surface area contributed by atoms with E-state index in [1.807, 2.05) is 26.0 Å². The Kier molecular flexibility index (Phi) is 48.8. The van der Waals surface area contributed by atoms with Crippen molar-refractivity contribution in [3.63, 3.8) is 0 Å². The number of rotatable bonds is 16.